The van der Waals surface area contributed by atoms with Gasteiger partial charge in [-0.25, -0.2) is 9.97 Å². The highest BCUT2D eigenvalue weighted by Crippen LogP contribution is 2.28. The van der Waals surface area contributed by atoms with E-state index in [1.54, 1.807) is 44.5 Å². The summed E-state index contributed by atoms with van der Waals surface area (Å²) in [6.45, 7) is 1.31. The van der Waals surface area contributed by atoms with Gasteiger partial charge in [-0.05, 0) is 42.5 Å². The predicted molar refractivity (Wildman–Crippen MR) is 118 cm³/mol. The van der Waals surface area contributed by atoms with Crippen LogP contribution in [-0.2, 0) is 0 Å². The maximum atomic E-state index is 11.9. The van der Waals surface area contributed by atoms with Crippen molar-refractivity contribution in [3.05, 3.63) is 59.4 Å². The summed E-state index contributed by atoms with van der Waals surface area (Å²) in [5, 5.41) is 6.38. The lowest BCUT2D eigenvalue weighted by Gasteiger charge is -2.38. The molecule has 9 nitrogen and oxygen atoms in total. The largest absolute Gasteiger partial charge is 0.495 e. The summed E-state index contributed by atoms with van der Waals surface area (Å²) in [5.41, 5.74) is 1.07. The standard InChI is InChI=1S/C21H21ClN6O3/c1-23-19(29)13-3-8-18(30-2)17(9-13)26-20-24-12-25-21(27-20)28-10-16(11-28)31-15-6-4-14(22)5-7-15/h3-9,12,16H,10-11H2,1-2H3,(H,23,29)(H,24,25,26,27). The fourth-order valence-corrected chi connectivity index (χ4v) is 3.22. The van der Waals surface area contributed by atoms with Gasteiger partial charge in [-0.1, -0.05) is 11.6 Å². The Hall–Kier alpha value is -3.59. The van der Waals surface area contributed by atoms with Gasteiger partial charge < -0.3 is 25.0 Å². The van der Waals surface area contributed by atoms with Crippen LogP contribution in [0.3, 0.4) is 0 Å². The second-order valence-electron chi connectivity index (χ2n) is 6.83. The minimum absolute atomic E-state index is 0.0404. The molecule has 160 valence electrons. The summed E-state index contributed by atoms with van der Waals surface area (Å²) in [6, 6.07) is 12.4. The molecular formula is C21H21ClN6O3. The maximum absolute atomic E-state index is 11.9. The molecule has 0 aliphatic carbocycles. The number of ether oxygens (including phenoxy) is 2. The van der Waals surface area contributed by atoms with E-state index < -0.39 is 0 Å². The van der Waals surface area contributed by atoms with Gasteiger partial charge in [0.05, 0.1) is 25.9 Å². The Bertz CT molecular complexity index is 1070. The molecule has 1 aliphatic heterocycles. The molecule has 2 heterocycles. The topological polar surface area (TPSA) is 102 Å². The molecule has 10 heteroatoms. The molecule has 0 spiro atoms. The highest BCUT2D eigenvalue weighted by atomic mass is 35.5. The van der Waals surface area contributed by atoms with Gasteiger partial charge in [0.1, 0.15) is 23.9 Å². The van der Waals surface area contributed by atoms with Gasteiger partial charge in [-0.15, -0.1) is 0 Å². The fraction of sp³-hybridized carbons (Fsp3) is 0.238. The zero-order chi connectivity index (χ0) is 21.8. The highest BCUT2D eigenvalue weighted by Gasteiger charge is 2.30. The second-order valence-corrected chi connectivity index (χ2v) is 7.26. The minimum atomic E-state index is -0.200. The Morgan fingerprint density at radius 1 is 1.16 bits per heavy atom. The molecule has 2 aromatic carbocycles. The monoisotopic (exact) mass is 440 g/mol. The number of aromatic nitrogens is 3. The van der Waals surface area contributed by atoms with E-state index in [9.17, 15) is 4.79 Å². The third-order valence-electron chi connectivity index (χ3n) is 4.74. The molecule has 1 aromatic heterocycles. The fourth-order valence-electron chi connectivity index (χ4n) is 3.09. The number of carbonyl (C=O) groups excluding carboxylic acids is 1. The van der Waals surface area contributed by atoms with Crippen LogP contribution in [0, 0.1) is 0 Å². The van der Waals surface area contributed by atoms with E-state index in [1.807, 2.05) is 17.0 Å². The van der Waals surface area contributed by atoms with E-state index in [-0.39, 0.29) is 12.0 Å². The van der Waals surface area contributed by atoms with Crippen molar-refractivity contribution in [1.29, 1.82) is 0 Å². The van der Waals surface area contributed by atoms with Crippen molar-refractivity contribution in [3.8, 4) is 11.5 Å². The lowest BCUT2D eigenvalue weighted by Crippen LogP contribution is -2.54. The van der Waals surface area contributed by atoms with E-state index in [0.29, 0.717) is 47.0 Å². The van der Waals surface area contributed by atoms with Crippen LogP contribution >= 0.6 is 11.6 Å². The van der Waals surface area contributed by atoms with E-state index >= 15 is 0 Å². The van der Waals surface area contributed by atoms with Crippen LogP contribution in [0.4, 0.5) is 17.6 Å². The van der Waals surface area contributed by atoms with E-state index in [2.05, 4.69) is 25.6 Å². The molecule has 3 aromatic rings. The predicted octanol–water partition coefficient (Wildman–Crippen LogP) is 2.90. The van der Waals surface area contributed by atoms with E-state index in [4.69, 9.17) is 21.1 Å². The number of halogens is 1. The Kier molecular flexibility index (Phi) is 6.03. The molecule has 1 aliphatic rings. The Morgan fingerprint density at radius 2 is 1.94 bits per heavy atom. The number of rotatable bonds is 7. The lowest BCUT2D eigenvalue weighted by molar-refractivity contribution is 0.0963. The van der Waals surface area contributed by atoms with Crippen LogP contribution in [0.25, 0.3) is 0 Å². The highest BCUT2D eigenvalue weighted by molar-refractivity contribution is 6.30. The lowest BCUT2D eigenvalue weighted by atomic mass is 10.1. The number of methoxy groups -OCH3 is 1. The second kappa shape index (κ2) is 9.05. The molecule has 31 heavy (non-hydrogen) atoms. The van der Waals surface area contributed by atoms with Crippen molar-refractivity contribution in [2.24, 2.45) is 0 Å². The van der Waals surface area contributed by atoms with Crippen molar-refractivity contribution >= 4 is 35.1 Å². The molecule has 1 saturated heterocycles. The number of benzene rings is 2. The smallest absolute Gasteiger partial charge is 0.251 e. The number of anilines is 3. The number of carbonyl (C=O) groups is 1. The van der Waals surface area contributed by atoms with Crippen molar-refractivity contribution in [2.45, 2.75) is 6.10 Å². The molecule has 4 rings (SSSR count). The number of nitrogens with zero attached hydrogens (tertiary/aromatic N) is 4. The third kappa shape index (κ3) is 4.77. The first-order chi connectivity index (χ1) is 15.1. The Morgan fingerprint density at radius 3 is 2.65 bits per heavy atom. The molecule has 0 radical (unpaired) electrons. The van der Waals surface area contributed by atoms with Crippen molar-refractivity contribution < 1.29 is 14.3 Å². The molecule has 0 unspecified atom stereocenters. The number of amides is 1. The van der Waals surface area contributed by atoms with Gasteiger partial charge in [0.2, 0.25) is 11.9 Å². The first-order valence-electron chi connectivity index (χ1n) is 9.59. The zero-order valence-corrected chi connectivity index (χ0v) is 17.8. The molecule has 1 fully saturated rings. The van der Waals surface area contributed by atoms with Gasteiger partial charge in [-0.3, -0.25) is 4.79 Å². The SMILES string of the molecule is CNC(=O)c1ccc(OC)c(Nc2ncnc(N3CC(Oc4ccc(Cl)cc4)C3)n2)c1. The summed E-state index contributed by atoms with van der Waals surface area (Å²) >= 11 is 5.90. The van der Waals surface area contributed by atoms with Crippen molar-refractivity contribution in [1.82, 2.24) is 20.3 Å². The van der Waals surface area contributed by atoms with Gasteiger partial charge in [0.15, 0.2) is 0 Å². The molecule has 1 amide bonds. The van der Waals surface area contributed by atoms with Crippen LogP contribution < -0.4 is 25.0 Å². The first kappa shape index (κ1) is 20.7. The number of hydrogen-bond donors (Lipinski definition) is 2. The molecule has 0 bridgehead atoms. The van der Waals surface area contributed by atoms with Gasteiger partial charge in [0, 0.05) is 17.6 Å². The van der Waals surface area contributed by atoms with E-state index in [0.717, 1.165) is 5.75 Å². The average molecular weight is 441 g/mol. The summed E-state index contributed by atoms with van der Waals surface area (Å²) < 4.78 is 11.3. The molecule has 2 N–H and O–H groups in total. The molecule has 0 saturated carbocycles. The third-order valence-corrected chi connectivity index (χ3v) is 4.99. The summed E-state index contributed by atoms with van der Waals surface area (Å²) in [6.07, 6.45) is 1.48. The average Bonchev–Trinajstić information content (AvgIpc) is 2.76. The normalized spacial score (nSPS) is 13.3. The Balaban J connectivity index is 1.42. The number of nitrogens with one attached hydrogen (secondary N) is 2. The van der Waals surface area contributed by atoms with E-state index in [1.165, 1.54) is 6.33 Å². The van der Waals surface area contributed by atoms with Crippen molar-refractivity contribution in [2.75, 3.05) is 37.5 Å². The van der Waals surface area contributed by atoms with Crippen LogP contribution in [0.1, 0.15) is 10.4 Å². The summed E-state index contributed by atoms with van der Waals surface area (Å²) in [5.74, 6) is 2.02. The zero-order valence-electron chi connectivity index (χ0n) is 17.0. The first-order valence-corrected chi connectivity index (χ1v) is 9.97. The van der Waals surface area contributed by atoms with Gasteiger partial charge in [0.25, 0.3) is 5.91 Å². The van der Waals surface area contributed by atoms with Crippen LogP contribution in [-0.4, -0.2) is 54.2 Å². The molecular weight excluding hydrogens is 420 g/mol. The van der Waals surface area contributed by atoms with Crippen LogP contribution in [0.15, 0.2) is 48.8 Å². The maximum Gasteiger partial charge on any atom is 0.251 e. The van der Waals surface area contributed by atoms with Gasteiger partial charge in [-0.2, -0.15) is 4.98 Å². The summed E-state index contributed by atoms with van der Waals surface area (Å²) in [7, 11) is 3.13. The summed E-state index contributed by atoms with van der Waals surface area (Å²) in [4.78, 5) is 26.8. The number of hydrogen-bond acceptors (Lipinski definition) is 8. The van der Waals surface area contributed by atoms with Crippen LogP contribution in [0.2, 0.25) is 5.02 Å². The minimum Gasteiger partial charge on any atom is -0.495 e. The Labute approximate surface area is 184 Å². The quantitative estimate of drug-likeness (QED) is 0.578. The van der Waals surface area contributed by atoms with Crippen molar-refractivity contribution in [3.63, 3.8) is 0 Å². The van der Waals surface area contributed by atoms with Gasteiger partial charge >= 0.3 is 0 Å². The molecule has 0 atom stereocenters. The van der Waals surface area contributed by atoms with Crippen LogP contribution in [0.5, 0.6) is 11.5 Å².